The third kappa shape index (κ3) is 7.67. The molecule has 0 radical (unpaired) electrons. The van der Waals surface area contributed by atoms with Gasteiger partial charge < -0.3 is 20.1 Å². The van der Waals surface area contributed by atoms with Gasteiger partial charge in [0.1, 0.15) is 11.5 Å². The van der Waals surface area contributed by atoms with Gasteiger partial charge >= 0.3 is 6.09 Å². The van der Waals surface area contributed by atoms with E-state index in [2.05, 4.69) is 27.5 Å². The minimum absolute atomic E-state index is 0.124. The lowest BCUT2D eigenvalue weighted by Crippen LogP contribution is -2.37. The number of rotatable bonds is 5. The summed E-state index contributed by atoms with van der Waals surface area (Å²) in [5.41, 5.74) is 0.709. The van der Waals surface area contributed by atoms with Gasteiger partial charge in [0.2, 0.25) is 11.8 Å². The van der Waals surface area contributed by atoms with E-state index in [-0.39, 0.29) is 18.0 Å². The highest BCUT2D eigenvalue weighted by atomic mass is 16.6. The highest BCUT2D eigenvalue weighted by Crippen LogP contribution is 2.24. The molecule has 3 rings (SSSR count). The van der Waals surface area contributed by atoms with Crippen LogP contribution >= 0.6 is 0 Å². The van der Waals surface area contributed by atoms with Gasteiger partial charge in [-0.1, -0.05) is 37.2 Å². The van der Waals surface area contributed by atoms with Crippen molar-refractivity contribution < 1.29 is 19.1 Å². The normalized spacial score (nSPS) is 14.5. The third-order valence-electron chi connectivity index (χ3n) is 4.75. The summed E-state index contributed by atoms with van der Waals surface area (Å²) in [5.74, 6) is 7.07. The van der Waals surface area contributed by atoms with Crippen LogP contribution in [-0.2, 0) is 4.79 Å². The van der Waals surface area contributed by atoms with Crippen molar-refractivity contribution in [3.05, 3.63) is 48.2 Å². The van der Waals surface area contributed by atoms with Crippen LogP contribution in [0.1, 0.15) is 51.5 Å². The van der Waals surface area contributed by atoms with Gasteiger partial charge in [-0.05, 0) is 38.0 Å². The summed E-state index contributed by atoms with van der Waals surface area (Å²) < 4.78 is 11.2. The number of ether oxygens (including phenoxy) is 2. The van der Waals surface area contributed by atoms with Crippen molar-refractivity contribution in [3.63, 3.8) is 0 Å². The van der Waals surface area contributed by atoms with Crippen LogP contribution in [0.2, 0.25) is 0 Å². The Morgan fingerprint density at radius 3 is 2.61 bits per heavy atom. The highest BCUT2D eigenvalue weighted by molar-refractivity contribution is 5.73. The van der Waals surface area contributed by atoms with E-state index < -0.39 is 6.09 Å². The summed E-state index contributed by atoms with van der Waals surface area (Å²) in [7, 11) is 0. The number of pyridine rings is 1. The standard InChI is InChI=1S/C24H27N3O4/c1-17(26-18(2)28)11-12-19-13-14-23(25-16-19)30-21-9-6-10-22(15-21)31-24(29)27-20-7-4-3-5-8-20/h6,9-10,13-17,20H,3-5,7-8H2,1-2H3,(H,26,28)(H,27,29). The van der Waals surface area contributed by atoms with Gasteiger partial charge in [-0.25, -0.2) is 9.78 Å². The van der Waals surface area contributed by atoms with E-state index in [1.807, 2.05) is 6.92 Å². The maximum atomic E-state index is 12.1. The van der Waals surface area contributed by atoms with E-state index in [0.29, 0.717) is 22.9 Å². The van der Waals surface area contributed by atoms with Crippen LogP contribution in [0.15, 0.2) is 42.6 Å². The van der Waals surface area contributed by atoms with Crippen LogP contribution in [0.25, 0.3) is 0 Å². The molecule has 2 N–H and O–H groups in total. The van der Waals surface area contributed by atoms with E-state index in [1.54, 1.807) is 42.6 Å². The number of aromatic nitrogens is 1. The lowest BCUT2D eigenvalue weighted by molar-refractivity contribution is -0.119. The topological polar surface area (TPSA) is 89.5 Å². The first-order valence-electron chi connectivity index (χ1n) is 10.5. The minimum atomic E-state index is -0.446. The molecule has 0 aliphatic heterocycles. The number of amides is 2. The van der Waals surface area contributed by atoms with E-state index in [1.165, 1.54) is 13.3 Å². The van der Waals surface area contributed by atoms with Crippen molar-refractivity contribution in [1.82, 2.24) is 15.6 Å². The average molecular weight is 421 g/mol. The molecule has 1 saturated carbocycles. The van der Waals surface area contributed by atoms with E-state index in [4.69, 9.17) is 9.47 Å². The number of benzene rings is 1. The molecule has 2 aromatic rings. The Hall–Kier alpha value is -3.53. The van der Waals surface area contributed by atoms with Crippen molar-refractivity contribution in [2.24, 2.45) is 0 Å². The van der Waals surface area contributed by atoms with Crippen molar-refractivity contribution in [2.75, 3.05) is 0 Å². The molecule has 1 aromatic carbocycles. The third-order valence-corrected chi connectivity index (χ3v) is 4.75. The molecule has 1 fully saturated rings. The first kappa shape index (κ1) is 22.2. The fraction of sp³-hybridized carbons (Fsp3) is 0.375. The molecule has 31 heavy (non-hydrogen) atoms. The molecule has 1 aliphatic rings. The fourth-order valence-corrected chi connectivity index (χ4v) is 3.32. The molecule has 7 nitrogen and oxygen atoms in total. The van der Waals surface area contributed by atoms with E-state index in [0.717, 1.165) is 25.7 Å². The maximum Gasteiger partial charge on any atom is 0.412 e. The number of nitrogens with zero attached hydrogens (tertiary/aromatic N) is 1. The smallest absolute Gasteiger partial charge is 0.412 e. The molecule has 1 aromatic heterocycles. The SMILES string of the molecule is CC(=O)NC(C)C#Cc1ccc(Oc2cccc(OC(=O)NC3CCCCC3)c2)nc1. The molecule has 0 bridgehead atoms. The zero-order valence-corrected chi connectivity index (χ0v) is 17.8. The number of carbonyl (C=O) groups is 2. The molecule has 162 valence electrons. The Morgan fingerprint density at radius 1 is 1.13 bits per heavy atom. The van der Waals surface area contributed by atoms with Crippen LogP contribution in [0, 0.1) is 11.8 Å². The quantitative estimate of drug-likeness (QED) is 0.707. The molecule has 1 atom stereocenters. The molecule has 1 aliphatic carbocycles. The average Bonchev–Trinajstić information content (AvgIpc) is 2.74. The summed E-state index contributed by atoms with van der Waals surface area (Å²) in [6, 6.07) is 10.3. The lowest BCUT2D eigenvalue weighted by Gasteiger charge is -2.22. The van der Waals surface area contributed by atoms with E-state index >= 15 is 0 Å². The van der Waals surface area contributed by atoms with Crippen molar-refractivity contribution >= 4 is 12.0 Å². The Bertz CT molecular complexity index is 957. The first-order valence-corrected chi connectivity index (χ1v) is 10.5. The summed E-state index contributed by atoms with van der Waals surface area (Å²) in [6.07, 6.45) is 6.65. The molecule has 1 unspecified atom stereocenters. The Morgan fingerprint density at radius 2 is 1.90 bits per heavy atom. The lowest BCUT2D eigenvalue weighted by atomic mass is 9.96. The van der Waals surface area contributed by atoms with Gasteiger partial charge in [0.15, 0.2) is 0 Å². The highest BCUT2D eigenvalue weighted by Gasteiger charge is 2.16. The summed E-state index contributed by atoms with van der Waals surface area (Å²) in [5, 5.41) is 5.62. The van der Waals surface area contributed by atoms with Gasteiger partial charge in [0.25, 0.3) is 0 Å². The van der Waals surface area contributed by atoms with Gasteiger partial charge in [0.05, 0.1) is 6.04 Å². The number of hydrogen-bond acceptors (Lipinski definition) is 5. The molecule has 1 heterocycles. The second-order valence-electron chi connectivity index (χ2n) is 7.52. The zero-order valence-electron chi connectivity index (χ0n) is 17.8. The van der Waals surface area contributed by atoms with Crippen LogP contribution in [0.3, 0.4) is 0 Å². The van der Waals surface area contributed by atoms with Crippen LogP contribution in [0.4, 0.5) is 4.79 Å². The summed E-state index contributed by atoms with van der Waals surface area (Å²) >= 11 is 0. The second kappa shape index (κ2) is 11.0. The second-order valence-corrected chi connectivity index (χ2v) is 7.52. The van der Waals surface area contributed by atoms with Gasteiger partial charge in [0, 0.05) is 36.9 Å². The van der Waals surface area contributed by atoms with Crippen LogP contribution < -0.4 is 20.1 Å². The molecule has 7 heteroatoms. The van der Waals surface area contributed by atoms with Crippen molar-refractivity contribution in [1.29, 1.82) is 0 Å². The van der Waals surface area contributed by atoms with Gasteiger partial charge in [-0.3, -0.25) is 4.79 Å². The van der Waals surface area contributed by atoms with Crippen LogP contribution in [-0.4, -0.2) is 29.1 Å². The minimum Gasteiger partial charge on any atom is -0.439 e. The van der Waals surface area contributed by atoms with Gasteiger partial charge in [-0.15, -0.1) is 0 Å². The van der Waals surface area contributed by atoms with Crippen LogP contribution in [0.5, 0.6) is 17.4 Å². The predicted molar refractivity (Wildman–Crippen MR) is 117 cm³/mol. The largest absolute Gasteiger partial charge is 0.439 e. The zero-order chi connectivity index (χ0) is 22.1. The summed E-state index contributed by atoms with van der Waals surface area (Å²) in [6.45, 7) is 3.26. The maximum absolute atomic E-state index is 12.1. The van der Waals surface area contributed by atoms with Gasteiger partial charge in [-0.2, -0.15) is 0 Å². The Balaban J connectivity index is 1.55. The molecule has 0 spiro atoms. The molecular formula is C24H27N3O4. The molecular weight excluding hydrogens is 394 g/mol. The summed E-state index contributed by atoms with van der Waals surface area (Å²) in [4.78, 5) is 27.4. The number of hydrogen-bond donors (Lipinski definition) is 2. The number of nitrogens with one attached hydrogen (secondary N) is 2. The number of carbonyl (C=O) groups excluding carboxylic acids is 2. The van der Waals surface area contributed by atoms with Crippen molar-refractivity contribution in [3.8, 4) is 29.2 Å². The molecule has 0 saturated heterocycles. The monoisotopic (exact) mass is 421 g/mol. The fourth-order valence-electron chi connectivity index (χ4n) is 3.32. The first-order chi connectivity index (χ1) is 15.0. The van der Waals surface area contributed by atoms with E-state index in [9.17, 15) is 9.59 Å². The Kier molecular flexibility index (Phi) is 7.88. The van der Waals surface area contributed by atoms with Crippen molar-refractivity contribution in [2.45, 2.75) is 58.0 Å². The predicted octanol–water partition coefficient (Wildman–Crippen LogP) is 4.17. The Labute approximate surface area is 182 Å². The molecule has 2 amide bonds.